The first-order valence-electron chi connectivity index (χ1n) is 6.45. The largest absolute Gasteiger partial charge is 0.396 e. The van der Waals surface area contributed by atoms with E-state index in [4.69, 9.17) is 17.3 Å². The number of nitrogens with zero attached hydrogens (tertiary/aromatic N) is 2. The van der Waals surface area contributed by atoms with Crippen LogP contribution in [-0.2, 0) is 6.54 Å². The Hall–Kier alpha value is -1.78. The van der Waals surface area contributed by atoms with Crippen LogP contribution in [-0.4, -0.2) is 9.78 Å². The highest BCUT2D eigenvalue weighted by Crippen LogP contribution is 2.25. The second kappa shape index (κ2) is 5.92. The Kier molecular flexibility index (Phi) is 3.99. The number of hydrogen-bond acceptors (Lipinski definition) is 2. The number of rotatable bonds is 3. The SMILES string of the molecule is Nc1cn(Cc2cccc(Br)c2)nc1-c1ccc(Cl)cc1. The number of aromatic nitrogens is 2. The fourth-order valence-electron chi connectivity index (χ4n) is 2.17. The molecule has 0 spiro atoms. The van der Waals surface area contributed by atoms with Crippen molar-refractivity contribution in [2.45, 2.75) is 6.54 Å². The van der Waals surface area contributed by atoms with Crippen molar-refractivity contribution >= 4 is 33.2 Å². The minimum atomic E-state index is 0.660. The van der Waals surface area contributed by atoms with Gasteiger partial charge in [-0.3, -0.25) is 4.68 Å². The predicted octanol–water partition coefficient (Wildman–Crippen LogP) is 4.60. The number of nitrogen functional groups attached to an aromatic ring is 1. The van der Waals surface area contributed by atoms with Crippen LogP contribution in [0.15, 0.2) is 59.2 Å². The minimum absolute atomic E-state index is 0.660. The molecule has 0 amide bonds. The summed E-state index contributed by atoms with van der Waals surface area (Å²) >= 11 is 9.38. The van der Waals surface area contributed by atoms with Crippen LogP contribution in [0.1, 0.15) is 5.56 Å². The van der Waals surface area contributed by atoms with E-state index in [1.807, 2.05) is 47.3 Å². The highest BCUT2D eigenvalue weighted by atomic mass is 79.9. The van der Waals surface area contributed by atoms with Gasteiger partial charge in [-0.25, -0.2) is 0 Å². The average molecular weight is 363 g/mol. The molecule has 1 aromatic heterocycles. The molecular formula is C16H13BrClN3. The molecular weight excluding hydrogens is 350 g/mol. The molecule has 3 rings (SSSR count). The zero-order valence-corrected chi connectivity index (χ0v) is 13.5. The lowest BCUT2D eigenvalue weighted by Gasteiger charge is -2.02. The monoisotopic (exact) mass is 361 g/mol. The van der Waals surface area contributed by atoms with Crippen LogP contribution < -0.4 is 5.73 Å². The summed E-state index contributed by atoms with van der Waals surface area (Å²) in [5.74, 6) is 0. The predicted molar refractivity (Wildman–Crippen MR) is 90.3 cm³/mol. The summed E-state index contributed by atoms with van der Waals surface area (Å²) in [6.07, 6.45) is 1.85. The van der Waals surface area contributed by atoms with Gasteiger partial charge in [0.05, 0.1) is 12.2 Å². The Labute approximate surface area is 136 Å². The van der Waals surface area contributed by atoms with Gasteiger partial charge in [0.1, 0.15) is 5.69 Å². The number of hydrogen-bond donors (Lipinski definition) is 1. The molecule has 0 radical (unpaired) electrons. The van der Waals surface area contributed by atoms with Crippen LogP contribution in [0.4, 0.5) is 5.69 Å². The van der Waals surface area contributed by atoms with Gasteiger partial charge < -0.3 is 5.73 Å². The molecule has 0 atom stereocenters. The molecule has 0 unspecified atom stereocenters. The molecule has 5 heteroatoms. The molecule has 0 bridgehead atoms. The van der Waals surface area contributed by atoms with Crippen LogP contribution in [0.5, 0.6) is 0 Å². The van der Waals surface area contributed by atoms with E-state index in [9.17, 15) is 0 Å². The maximum atomic E-state index is 6.07. The minimum Gasteiger partial charge on any atom is -0.396 e. The zero-order chi connectivity index (χ0) is 14.8. The molecule has 0 saturated carbocycles. The molecule has 0 aliphatic heterocycles. The van der Waals surface area contributed by atoms with Crippen molar-refractivity contribution < 1.29 is 0 Å². The second-order valence-corrected chi connectivity index (χ2v) is 6.12. The number of benzene rings is 2. The van der Waals surface area contributed by atoms with Gasteiger partial charge in [-0.2, -0.15) is 5.10 Å². The molecule has 3 aromatic rings. The van der Waals surface area contributed by atoms with E-state index in [2.05, 4.69) is 33.2 Å². The van der Waals surface area contributed by atoms with E-state index in [1.165, 1.54) is 0 Å². The van der Waals surface area contributed by atoms with Gasteiger partial charge in [0, 0.05) is 21.3 Å². The van der Waals surface area contributed by atoms with E-state index in [-0.39, 0.29) is 0 Å². The van der Waals surface area contributed by atoms with E-state index in [0.717, 1.165) is 21.3 Å². The molecule has 0 saturated heterocycles. The average Bonchev–Trinajstić information content (AvgIpc) is 2.80. The highest BCUT2D eigenvalue weighted by Gasteiger charge is 2.09. The van der Waals surface area contributed by atoms with Gasteiger partial charge in [-0.15, -0.1) is 0 Å². The fraction of sp³-hybridized carbons (Fsp3) is 0.0625. The third kappa shape index (κ3) is 3.28. The molecule has 2 N–H and O–H groups in total. The molecule has 1 heterocycles. The molecule has 0 aliphatic rings. The summed E-state index contributed by atoms with van der Waals surface area (Å²) in [5.41, 5.74) is 9.63. The van der Waals surface area contributed by atoms with Crippen LogP contribution in [0, 0.1) is 0 Å². The van der Waals surface area contributed by atoms with Crippen molar-refractivity contribution in [2.75, 3.05) is 5.73 Å². The normalized spacial score (nSPS) is 10.8. The van der Waals surface area contributed by atoms with Gasteiger partial charge in [0.2, 0.25) is 0 Å². The summed E-state index contributed by atoms with van der Waals surface area (Å²) in [5, 5.41) is 5.27. The summed E-state index contributed by atoms with van der Waals surface area (Å²) in [4.78, 5) is 0. The maximum Gasteiger partial charge on any atom is 0.115 e. The van der Waals surface area contributed by atoms with Crippen molar-refractivity contribution in [1.29, 1.82) is 0 Å². The Balaban J connectivity index is 1.89. The van der Waals surface area contributed by atoms with Crippen molar-refractivity contribution in [3.05, 3.63) is 69.8 Å². The standard InChI is InChI=1S/C16H13BrClN3/c17-13-3-1-2-11(8-13)9-21-10-15(19)16(20-21)12-4-6-14(18)7-5-12/h1-8,10H,9,19H2. The molecule has 0 aliphatic carbocycles. The Morgan fingerprint density at radius 3 is 2.62 bits per heavy atom. The molecule has 106 valence electrons. The quantitative estimate of drug-likeness (QED) is 0.740. The lowest BCUT2D eigenvalue weighted by atomic mass is 10.1. The van der Waals surface area contributed by atoms with Gasteiger partial charge in [0.15, 0.2) is 0 Å². The van der Waals surface area contributed by atoms with E-state index < -0.39 is 0 Å². The van der Waals surface area contributed by atoms with Crippen LogP contribution in [0.3, 0.4) is 0 Å². The van der Waals surface area contributed by atoms with Crippen LogP contribution in [0.25, 0.3) is 11.3 Å². The third-order valence-electron chi connectivity index (χ3n) is 3.14. The number of nitrogens with two attached hydrogens (primary N) is 1. The summed E-state index contributed by atoms with van der Waals surface area (Å²) in [6.45, 7) is 0.678. The number of anilines is 1. The lowest BCUT2D eigenvalue weighted by Crippen LogP contribution is -2.00. The fourth-order valence-corrected chi connectivity index (χ4v) is 2.74. The van der Waals surface area contributed by atoms with E-state index >= 15 is 0 Å². The Bertz CT molecular complexity index is 765. The highest BCUT2D eigenvalue weighted by molar-refractivity contribution is 9.10. The van der Waals surface area contributed by atoms with Crippen LogP contribution in [0.2, 0.25) is 5.02 Å². The molecule has 0 fully saturated rings. The second-order valence-electron chi connectivity index (χ2n) is 4.77. The summed E-state index contributed by atoms with van der Waals surface area (Å²) < 4.78 is 2.90. The zero-order valence-electron chi connectivity index (χ0n) is 11.1. The molecule has 21 heavy (non-hydrogen) atoms. The van der Waals surface area contributed by atoms with Crippen molar-refractivity contribution in [1.82, 2.24) is 9.78 Å². The lowest BCUT2D eigenvalue weighted by molar-refractivity contribution is 0.689. The van der Waals surface area contributed by atoms with Gasteiger partial charge in [-0.05, 0) is 29.8 Å². The first-order valence-corrected chi connectivity index (χ1v) is 7.62. The topological polar surface area (TPSA) is 43.8 Å². The third-order valence-corrected chi connectivity index (χ3v) is 3.89. The summed E-state index contributed by atoms with van der Waals surface area (Å²) in [7, 11) is 0. The van der Waals surface area contributed by atoms with Gasteiger partial charge in [0.25, 0.3) is 0 Å². The van der Waals surface area contributed by atoms with E-state index in [0.29, 0.717) is 17.3 Å². The Morgan fingerprint density at radius 1 is 1.14 bits per heavy atom. The summed E-state index contributed by atoms with van der Waals surface area (Å²) in [6, 6.07) is 15.7. The van der Waals surface area contributed by atoms with Crippen LogP contribution >= 0.6 is 27.5 Å². The van der Waals surface area contributed by atoms with Gasteiger partial charge in [-0.1, -0.05) is 51.8 Å². The molecule has 2 aromatic carbocycles. The smallest absolute Gasteiger partial charge is 0.115 e. The first-order chi connectivity index (χ1) is 10.1. The maximum absolute atomic E-state index is 6.07. The molecule has 3 nitrogen and oxygen atoms in total. The van der Waals surface area contributed by atoms with Crippen molar-refractivity contribution in [2.24, 2.45) is 0 Å². The Morgan fingerprint density at radius 2 is 1.90 bits per heavy atom. The van der Waals surface area contributed by atoms with E-state index in [1.54, 1.807) is 0 Å². The number of halogens is 2. The first kappa shape index (κ1) is 14.2. The van der Waals surface area contributed by atoms with Crippen molar-refractivity contribution in [3.63, 3.8) is 0 Å². The van der Waals surface area contributed by atoms with Crippen molar-refractivity contribution in [3.8, 4) is 11.3 Å². The van der Waals surface area contributed by atoms with Gasteiger partial charge >= 0.3 is 0 Å².